The summed E-state index contributed by atoms with van der Waals surface area (Å²) >= 11 is 6.57. The molecule has 0 unspecified atom stereocenters. The first-order valence-corrected chi connectivity index (χ1v) is 12.6. The number of benzene rings is 2. The number of para-hydroxylation sites is 1. The molecule has 2 aromatic heterocycles. The van der Waals surface area contributed by atoms with Crippen molar-refractivity contribution in [1.29, 1.82) is 0 Å². The molecule has 1 amide bonds. The van der Waals surface area contributed by atoms with Gasteiger partial charge in [0.2, 0.25) is 0 Å². The number of nitrogens with one attached hydrogen (secondary N) is 2. The summed E-state index contributed by atoms with van der Waals surface area (Å²) in [5.41, 5.74) is 1.93. The van der Waals surface area contributed by atoms with E-state index in [0.717, 1.165) is 5.69 Å². The summed E-state index contributed by atoms with van der Waals surface area (Å²) in [5, 5.41) is 4.44. The molecule has 0 saturated carbocycles. The summed E-state index contributed by atoms with van der Waals surface area (Å²) in [6.45, 7) is 3.41. The summed E-state index contributed by atoms with van der Waals surface area (Å²) < 4.78 is 11.4. The molecule has 0 bridgehead atoms. The minimum atomic E-state index is -0.777. The number of halogens is 1. The second kappa shape index (κ2) is 9.21. The molecule has 9 heteroatoms. The van der Waals surface area contributed by atoms with Gasteiger partial charge in [-0.3, -0.25) is 9.59 Å². The lowest BCUT2D eigenvalue weighted by atomic mass is 9.85. The quantitative estimate of drug-likeness (QED) is 0.337. The van der Waals surface area contributed by atoms with Crippen LogP contribution in [0.15, 0.2) is 60.9 Å². The molecule has 8 nitrogen and oxygen atoms in total. The van der Waals surface area contributed by atoms with E-state index in [0.29, 0.717) is 71.9 Å². The Labute approximate surface area is 218 Å². The van der Waals surface area contributed by atoms with E-state index in [1.54, 1.807) is 35.5 Å². The number of carbonyl (C=O) groups is 2. The van der Waals surface area contributed by atoms with Gasteiger partial charge in [-0.25, -0.2) is 4.98 Å². The molecule has 4 heterocycles. The SMILES string of the molecule is CCN1C(=O)C2(CCOCC2)Nc2c1cnc1[nH]cc(C(=O)c3ccc(Oc4ccccc4)cc3Cl)c21. The Bertz CT molecular complexity index is 1510. The number of hydrogen-bond acceptors (Lipinski definition) is 6. The zero-order valence-corrected chi connectivity index (χ0v) is 21.0. The van der Waals surface area contributed by atoms with E-state index in [-0.39, 0.29) is 16.7 Å². The number of ketones is 1. The number of H-pyrrole nitrogens is 1. The van der Waals surface area contributed by atoms with Crippen LogP contribution in [-0.2, 0) is 9.53 Å². The molecule has 6 rings (SSSR count). The molecule has 188 valence electrons. The average molecular weight is 517 g/mol. The molecule has 37 heavy (non-hydrogen) atoms. The van der Waals surface area contributed by atoms with Gasteiger partial charge in [0, 0.05) is 50.4 Å². The van der Waals surface area contributed by atoms with E-state index in [1.165, 1.54) is 0 Å². The van der Waals surface area contributed by atoms with Crippen LogP contribution in [0.4, 0.5) is 11.4 Å². The maximum absolute atomic E-state index is 13.8. The van der Waals surface area contributed by atoms with E-state index in [4.69, 9.17) is 21.1 Å². The normalized spacial score (nSPS) is 16.5. The maximum atomic E-state index is 13.8. The van der Waals surface area contributed by atoms with Gasteiger partial charge in [0.25, 0.3) is 5.91 Å². The van der Waals surface area contributed by atoms with E-state index in [9.17, 15) is 9.59 Å². The van der Waals surface area contributed by atoms with Crippen molar-refractivity contribution in [2.24, 2.45) is 0 Å². The van der Waals surface area contributed by atoms with Crippen molar-refractivity contribution < 1.29 is 19.1 Å². The number of anilines is 2. The van der Waals surface area contributed by atoms with E-state index >= 15 is 0 Å². The van der Waals surface area contributed by atoms with Crippen molar-refractivity contribution >= 4 is 45.7 Å². The zero-order chi connectivity index (χ0) is 25.6. The van der Waals surface area contributed by atoms with Gasteiger partial charge in [-0.2, -0.15) is 0 Å². The van der Waals surface area contributed by atoms with Crippen LogP contribution < -0.4 is 15.0 Å². The highest BCUT2D eigenvalue weighted by atomic mass is 35.5. The molecule has 1 saturated heterocycles. The highest BCUT2D eigenvalue weighted by molar-refractivity contribution is 6.36. The number of likely N-dealkylation sites (N-methyl/N-ethyl adjacent to an activating group) is 1. The summed E-state index contributed by atoms with van der Waals surface area (Å²) in [6, 6.07) is 14.4. The molecule has 2 aromatic carbocycles. The average Bonchev–Trinajstić information content (AvgIpc) is 3.35. The molecule has 2 N–H and O–H groups in total. The smallest absolute Gasteiger partial charge is 0.252 e. The Balaban J connectivity index is 1.41. The maximum Gasteiger partial charge on any atom is 0.252 e. The third-order valence-electron chi connectivity index (χ3n) is 7.06. The zero-order valence-electron chi connectivity index (χ0n) is 20.2. The summed E-state index contributed by atoms with van der Waals surface area (Å²) in [4.78, 5) is 36.7. The van der Waals surface area contributed by atoms with Crippen molar-refractivity contribution in [3.8, 4) is 11.5 Å². The molecule has 0 aliphatic carbocycles. The second-order valence-corrected chi connectivity index (χ2v) is 9.61. The molecular formula is C28H25ClN4O4. The molecule has 0 radical (unpaired) electrons. The Morgan fingerprint density at radius 3 is 2.65 bits per heavy atom. The minimum Gasteiger partial charge on any atom is -0.457 e. The first-order chi connectivity index (χ1) is 18.0. The standard InChI is InChI=1S/C28H25ClN4O4/c1-2-33-22-16-31-26-23(24(22)32-28(27(33)35)10-12-36-13-11-28)20(15-30-26)25(34)19-9-8-18(14-21(19)29)37-17-6-4-3-5-7-17/h3-9,14-16,32H,2,10-13H2,1H3,(H,30,31). The molecule has 2 aliphatic rings. The molecule has 4 aromatic rings. The lowest BCUT2D eigenvalue weighted by Crippen LogP contribution is -2.59. The van der Waals surface area contributed by atoms with Crippen LogP contribution in [0.3, 0.4) is 0 Å². The Morgan fingerprint density at radius 1 is 1.14 bits per heavy atom. The number of pyridine rings is 1. The number of rotatable bonds is 5. The van der Waals surface area contributed by atoms with E-state index in [2.05, 4.69) is 15.3 Å². The van der Waals surface area contributed by atoms with Crippen LogP contribution in [0, 0.1) is 0 Å². The highest BCUT2D eigenvalue weighted by Gasteiger charge is 2.47. The molecule has 2 aliphatic heterocycles. The number of fused-ring (bicyclic) bond motifs is 3. The van der Waals surface area contributed by atoms with Crippen LogP contribution in [0.25, 0.3) is 11.0 Å². The third-order valence-corrected chi connectivity index (χ3v) is 7.38. The molecule has 1 spiro atoms. The van der Waals surface area contributed by atoms with E-state index in [1.807, 2.05) is 37.3 Å². The molecule has 0 atom stereocenters. The largest absolute Gasteiger partial charge is 0.457 e. The number of hydrogen-bond donors (Lipinski definition) is 2. The van der Waals surface area contributed by atoms with Gasteiger partial charge in [-0.1, -0.05) is 29.8 Å². The van der Waals surface area contributed by atoms with Gasteiger partial charge in [-0.05, 0) is 31.2 Å². The van der Waals surface area contributed by atoms with Crippen molar-refractivity contribution in [2.75, 3.05) is 30.0 Å². The Kier molecular flexibility index (Phi) is 5.85. The van der Waals surface area contributed by atoms with Gasteiger partial charge in [0.05, 0.1) is 33.5 Å². The Morgan fingerprint density at radius 2 is 1.92 bits per heavy atom. The first kappa shape index (κ1) is 23.5. The number of amides is 1. The minimum absolute atomic E-state index is 0.00686. The fourth-order valence-corrected chi connectivity index (χ4v) is 5.40. The monoisotopic (exact) mass is 516 g/mol. The number of nitrogens with zero attached hydrogens (tertiary/aromatic N) is 2. The predicted octanol–water partition coefficient (Wildman–Crippen LogP) is 5.57. The van der Waals surface area contributed by atoms with E-state index < -0.39 is 5.54 Å². The lowest BCUT2D eigenvalue weighted by Gasteiger charge is -2.45. The predicted molar refractivity (Wildman–Crippen MR) is 142 cm³/mol. The number of aromatic amines is 1. The van der Waals surface area contributed by atoms with Crippen LogP contribution >= 0.6 is 11.6 Å². The lowest BCUT2D eigenvalue weighted by molar-refractivity contribution is -0.126. The molecular weight excluding hydrogens is 492 g/mol. The second-order valence-electron chi connectivity index (χ2n) is 9.20. The van der Waals surface area contributed by atoms with Crippen molar-refractivity contribution in [2.45, 2.75) is 25.3 Å². The third kappa shape index (κ3) is 3.93. The fraction of sp³-hybridized carbons (Fsp3) is 0.250. The van der Waals surface area contributed by atoms with Crippen LogP contribution in [0.2, 0.25) is 5.02 Å². The number of aromatic nitrogens is 2. The Hall–Kier alpha value is -3.88. The van der Waals surface area contributed by atoms with Crippen molar-refractivity contribution in [1.82, 2.24) is 9.97 Å². The van der Waals surface area contributed by atoms with Gasteiger partial charge in [0.1, 0.15) is 22.7 Å². The van der Waals surface area contributed by atoms with Crippen LogP contribution in [-0.4, -0.2) is 47.0 Å². The molecule has 1 fully saturated rings. The van der Waals surface area contributed by atoms with Gasteiger partial charge in [0.15, 0.2) is 5.78 Å². The summed E-state index contributed by atoms with van der Waals surface area (Å²) in [7, 11) is 0. The topological polar surface area (TPSA) is 96.5 Å². The number of carbonyl (C=O) groups excluding carboxylic acids is 2. The van der Waals surface area contributed by atoms with Gasteiger partial charge < -0.3 is 24.7 Å². The van der Waals surface area contributed by atoms with Crippen LogP contribution in [0.1, 0.15) is 35.7 Å². The van der Waals surface area contributed by atoms with Crippen molar-refractivity contribution in [3.05, 3.63) is 77.1 Å². The first-order valence-electron chi connectivity index (χ1n) is 12.3. The van der Waals surface area contributed by atoms with Crippen LogP contribution in [0.5, 0.6) is 11.5 Å². The number of ether oxygens (including phenoxy) is 2. The van der Waals surface area contributed by atoms with Crippen molar-refractivity contribution in [3.63, 3.8) is 0 Å². The summed E-state index contributed by atoms with van der Waals surface area (Å²) in [6.07, 6.45) is 4.42. The highest BCUT2D eigenvalue weighted by Crippen LogP contribution is 2.44. The van der Waals surface area contributed by atoms with Gasteiger partial charge >= 0.3 is 0 Å². The summed E-state index contributed by atoms with van der Waals surface area (Å²) in [5.74, 6) is 0.967. The van der Waals surface area contributed by atoms with Gasteiger partial charge in [-0.15, -0.1) is 0 Å². The fourth-order valence-electron chi connectivity index (χ4n) is 5.14.